The van der Waals surface area contributed by atoms with Crippen LogP contribution in [0.3, 0.4) is 0 Å². The van der Waals surface area contributed by atoms with Crippen LogP contribution in [0.15, 0.2) is 11.6 Å². The molecule has 4 bridgehead atoms. The topological polar surface area (TPSA) is 91.3 Å². The van der Waals surface area contributed by atoms with Crippen molar-refractivity contribution < 1.29 is 33.6 Å². The average Bonchev–Trinajstić information content (AvgIpc) is 3.26. The van der Waals surface area contributed by atoms with Gasteiger partial charge < -0.3 is 28.8 Å². The number of ether oxygens (including phenoxy) is 4. The Morgan fingerprint density at radius 3 is 2.62 bits per heavy atom. The first-order valence-corrected chi connectivity index (χ1v) is 12.3. The van der Waals surface area contributed by atoms with Crippen LogP contribution in [0.25, 0.3) is 0 Å². The van der Waals surface area contributed by atoms with Gasteiger partial charge in [0.1, 0.15) is 12.9 Å². The number of esters is 1. The molecule has 7 heteroatoms. The zero-order valence-electron chi connectivity index (χ0n) is 18.8. The molecule has 4 saturated carbocycles. The van der Waals surface area contributed by atoms with Gasteiger partial charge in [-0.2, -0.15) is 0 Å². The summed E-state index contributed by atoms with van der Waals surface area (Å²) in [5.74, 6) is -1.31. The number of hydrogen-bond donors (Lipinski definition) is 1. The van der Waals surface area contributed by atoms with E-state index in [1.165, 1.54) is 0 Å². The first kappa shape index (κ1) is 20.1. The number of fused-ring (bicyclic) bond motifs is 3. The summed E-state index contributed by atoms with van der Waals surface area (Å²) in [4.78, 5) is 25.4. The lowest BCUT2D eigenvalue weighted by molar-refractivity contribution is -0.542. The van der Waals surface area contributed by atoms with E-state index >= 15 is 0 Å². The number of aliphatic hydroxyl groups is 1. The van der Waals surface area contributed by atoms with Crippen LogP contribution in [0.5, 0.6) is 0 Å². The highest BCUT2D eigenvalue weighted by atomic mass is 16.9. The molecule has 0 aromatic heterocycles. The fraction of sp³-hybridized carbons (Fsp3) is 0.840. The highest BCUT2D eigenvalue weighted by Crippen LogP contribution is 2.73. The smallest absolute Gasteiger partial charge is 0.334 e. The predicted octanol–water partition coefficient (Wildman–Crippen LogP) is 2.64. The van der Waals surface area contributed by atoms with Gasteiger partial charge in [0.2, 0.25) is 0 Å². The minimum absolute atomic E-state index is 0.00341. The van der Waals surface area contributed by atoms with Gasteiger partial charge in [-0.3, -0.25) is 0 Å². The van der Waals surface area contributed by atoms with E-state index < -0.39 is 28.0 Å². The van der Waals surface area contributed by atoms with Gasteiger partial charge >= 0.3 is 5.97 Å². The molecule has 3 saturated heterocycles. The summed E-state index contributed by atoms with van der Waals surface area (Å²) >= 11 is 0. The van der Waals surface area contributed by atoms with E-state index in [0.717, 1.165) is 50.4 Å². The van der Waals surface area contributed by atoms with E-state index in [4.69, 9.17) is 18.9 Å². The van der Waals surface area contributed by atoms with E-state index in [2.05, 4.69) is 6.92 Å². The van der Waals surface area contributed by atoms with E-state index in [-0.39, 0.29) is 35.9 Å². The molecule has 32 heavy (non-hydrogen) atoms. The minimum Gasteiger partial charge on any atom is -0.458 e. The van der Waals surface area contributed by atoms with Crippen LogP contribution in [0.2, 0.25) is 0 Å². The SMILES string of the molecule is C[C@@]12O[C@H]3C[C@@H](O1)[C@]1(C=O)[C@H]4CC[C@]5(C)[C@@H](C6=CCOC6=O)CC[C@]5(O)[C@@H]4CC[C@@]1(C3)O2. The first-order chi connectivity index (χ1) is 15.2. The summed E-state index contributed by atoms with van der Waals surface area (Å²) in [5.41, 5.74) is -1.91. The van der Waals surface area contributed by atoms with Crippen LogP contribution < -0.4 is 0 Å². The predicted molar refractivity (Wildman–Crippen MR) is 110 cm³/mol. The van der Waals surface area contributed by atoms with Gasteiger partial charge in [-0.05, 0) is 62.4 Å². The van der Waals surface area contributed by atoms with Crippen LogP contribution in [-0.2, 0) is 28.5 Å². The van der Waals surface area contributed by atoms with Crippen molar-refractivity contribution in [3.8, 4) is 0 Å². The molecule has 8 aliphatic rings. The molecule has 7 fully saturated rings. The molecule has 8 rings (SSSR count). The van der Waals surface area contributed by atoms with E-state index in [9.17, 15) is 14.7 Å². The van der Waals surface area contributed by atoms with Gasteiger partial charge in [-0.15, -0.1) is 0 Å². The third-order valence-electron chi connectivity index (χ3n) is 10.9. The number of rotatable bonds is 2. The first-order valence-electron chi connectivity index (χ1n) is 12.3. The van der Waals surface area contributed by atoms with Crippen LogP contribution in [-0.4, -0.2) is 53.4 Å². The highest BCUT2D eigenvalue weighted by Gasteiger charge is 2.79. The number of cyclic esters (lactones) is 1. The Balaban J connectivity index is 1.30. The molecule has 0 aromatic rings. The average molecular weight is 445 g/mol. The summed E-state index contributed by atoms with van der Waals surface area (Å²) in [5, 5.41) is 12.4. The van der Waals surface area contributed by atoms with E-state index in [1.807, 2.05) is 13.0 Å². The fourth-order valence-electron chi connectivity index (χ4n) is 9.75. The minimum atomic E-state index is -1.07. The van der Waals surface area contributed by atoms with Crippen LogP contribution in [0, 0.1) is 28.6 Å². The quantitative estimate of drug-likeness (QED) is 0.517. The maximum atomic E-state index is 13.0. The molecular weight excluding hydrogens is 412 g/mol. The molecule has 4 aliphatic carbocycles. The summed E-state index contributed by atoms with van der Waals surface area (Å²) < 4.78 is 24.0. The third kappa shape index (κ3) is 2.01. The molecule has 4 heterocycles. The molecule has 1 N–H and O–H groups in total. The van der Waals surface area contributed by atoms with E-state index in [1.54, 1.807) is 0 Å². The monoisotopic (exact) mass is 444 g/mol. The van der Waals surface area contributed by atoms with Crippen molar-refractivity contribution in [3.05, 3.63) is 11.6 Å². The maximum Gasteiger partial charge on any atom is 0.334 e. The molecule has 0 amide bonds. The van der Waals surface area contributed by atoms with Gasteiger partial charge in [0, 0.05) is 30.8 Å². The van der Waals surface area contributed by atoms with Gasteiger partial charge in [0.25, 0.3) is 5.97 Å². The number of aldehydes is 1. The standard InChI is InChI=1S/C25H32O7/c1-21-7-3-17-18(25(21,28)9-5-16(21)15-6-10-29-20(15)27)4-8-23-12-14-11-19(24(17,23)13-26)31-22(2,30-14)32-23/h6,13-14,16-19,28H,3-5,7-12H2,1-2H3/t14-,16+,17-,18+,19+,21+,22+,23-,24-,25-/m0/s1. The molecular formula is C25H32O7. The summed E-state index contributed by atoms with van der Waals surface area (Å²) in [7, 11) is 0. The van der Waals surface area contributed by atoms with Crippen molar-refractivity contribution in [2.75, 3.05) is 6.61 Å². The van der Waals surface area contributed by atoms with Crippen molar-refractivity contribution in [2.24, 2.45) is 28.6 Å². The van der Waals surface area contributed by atoms with Gasteiger partial charge in [-0.1, -0.05) is 6.92 Å². The van der Waals surface area contributed by atoms with Crippen molar-refractivity contribution in [1.29, 1.82) is 0 Å². The molecule has 0 aromatic carbocycles. The largest absolute Gasteiger partial charge is 0.458 e. The molecule has 174 valence electrons. The van der Waals surface area contributed by atoms with Crippen molar-refractivity contribution in [3.63, 3.8) is 0 Å². The number of carbonyl (C=O) groups excluding carboxylic acids is 2. The molecule has 1 spiro atoms. The molecule has 0 unspecified atom stereocenters. The number of hydrogen-bond acceptors (Lipinski definition) is 7. The summed E-state index contributed by atoms with van der Waals surface area (Å²) in [6.07, 6.45) is 8.86. The second-order valence-corrected chi connectivity index (χ2v) is 11.8. The van der Waals surface area contributed by atoms with Crippen LogP contribution in [0.1, 0.15) is 65.2 Å². The molecule has 10 atom stereocenters. The molecule has 0 radical (unpaired) electrons. The van der Waals surface area contributed by atoms with Crippen molar-refractivity contribution in [2.45, 2.75) is 94.6 Å². The zero-order valence-corrected chi connectivity index (χ0v) is 18.8. The Kier molecular flexibility index (Phi) is 3.68. The lowest BCUT2D eigenvalue weighted by atomic mass is 9.40. The van der Waals surface area contributed by atoms with Crippen LogP contribution >= 0.6 is 0 Å². The number of carbonyl (C=O) groups is 2. The normalized spacial score (nSPS) is 59.8. The molecule has 7 nitrogen and oxygen atoms in total. The fourth-order valence-corrected chi connectivity index (χ4v) is 9.75. The summed E-state index contributed by atoms with van der Waals surface area (Å²) in [6.45, 7) is 4.32. The highest BCUT2D eigenvalue weighted by molar-refractivity contribution is 5.91. The van der Waals surface area contributed by atoms with Gasteiger partial charge in [0.15, 0.2) is 0 Å². The van der Waals surface area contributed by atoms with Crippen molar-refractivity contribution >= 4 is 12.3 Å². The lowest BCUT2D eigenvalue weighted by Gasteiger charge is -2.73. The Bertz CT molecular complexity index is 947. The lowest BCUT2D eigenvalue weighted by Crippen LogP contribution is -2.81. The third-order valence-corrected chi connectivity index (χ3v) is 10.9. The Morgan fingerprint density at radius 2 is 1.91 bits per heavy atom. The van der Waals surface area contributed by atoms with Gasteiger partial charge in [-0.25, -0.2) is 4.79 Å². The van der Waals surface area contributed by atoms with E-state index in [0.29, 0.717) is 19.4 Å². The van der Waals surface area contributed by atoms with Gasteiger partial charge in [0.05, 0.1) is 28.8 Å². The molecule has 4 aliphatic heterocycles. The van der Waals surface area contributed by atoms with Crippen molar-refractivity contribution in [1.82, 2.24) is 0 Å². The van der Waals surface area contributed by atoms with Crippen LogP contribution in [0.4, 0.5) is 0 Å². The second-order valence-electron chi connectivity index (χ2n) is 11.8. The second kappa shape index (κ2) is 5.85. The summed E-state index contributed by atoms with van der Waals surface area (Å²) in [6, 6.07) is 0. The Morgan fingerprint density at radius 1 is 1.09 bits per heavy atom. The maximum absolute atomic E-state index is 13.0. The Labute approximate surface area is 187 Å². The Hall–Kier alpha value is -1.28. The zero-order chi connectivity index (χ0) is 22.1.